The number of hydrogen-bond donors (Lipinski definition) is 2. The number of aliphatic hydroxyl groups is 1. The fourth-order valence-electron chi connectivity index (χ4n) is 2.40. The van der Waals surface area contributed by atoms with Crippen LogP contribution in [0.3, 0.4) is 0 Å². The molecule has 13 heteroatoms. The summed E-state index contributed by atoms with van der Waals surface area (Å²) in [6.07, 6.45) is -2.62. The molecule has 156 valence electrons. The van der Waals surface area contributed by atoms with Crippen molar-refractivity contribution >= 4 is 28.9 Å². The average Bonchev–Trinajstić information content (AvgIpc) is 2.68. The molecule has 2 N–H and O–H groups in total. The first-order chi connectivity index (χ1) is 14.1. The number of benzene rings is 1. The fourth-order valence-corrected chi connectivity index (χ4v) is 2.80. The lowest BCUT2D eigenvalue weighted by atomic mass is 10.2. The van der Waals surface area contributed by atoms with Gasteiger partial charge < -0.3 is 9.84 Å². The summed E-state index contributed by atoms with van der Waals surface area (Å²) in [4.78, 5) is 16.0. The van der Waals surface area contributed by atoms with E-state index >= 15 is 0 Å². The van der Waals surface area contributed by atoms with Crippen LogP contribution in [0.15, 0.2) is 40.5 Å². The number of halogens is 5. The number of nitrogens with zero attached hydrogens (tertiary/aromatic N) is 4. The molecular formula is C17H10Cl2F3N5O3. The maximum absolute atomic E-state index is 13.4. The predicted octanol–water partition coefficient (Wildman–Crippen LogP) is 3.07. The topological polar surface area (TPSA) is 113 Å². The first-order valence-electron chi connectivity index (χ1n) is 8.02. The quantitative estimate of drug-likeness (QED) is 0.726. The molecule has 8 nitrogen and oxygen atoms in total. The van der Waals surface area contributed by atoms with Gasteiger partial charge in [0.25, 0.3) is 5.56 Å². The molecule has 1 atom stereocenters. The number of hydrogen-bond acceptors (Lipinski definition) is 7. The molecule has 0 aliphatic carbocycles. The van der Waals surface area contributed by atoms with Gasteiger partial charge in [-0.1, -0.05) is 23.2 Å². The molecule has 1 unspecified atom stereocenters. The largest absolute Gasteiger partial charge is 0.448 e. The lowest BCUT2D eigenvalue weighted by molar-refractivity contribution is -0.142. The molecule has 1 aromatic carbocycles. The summed E-state index contributed by atoms with van der Waals surface area (Å²) in [5.74, 6) is -1.56. The summed E-state index contributed by atoms with van der Waals surface area (Å²) in [6, 6.07) is 3.99. The zero-order chi connectivity index (χ0) is 22.1. The summed E-state index contributed by atoms with van der Waals surface area (Å²) < 4.78 is 46.2. The van der Waals surface area contributed by atoms with Gasteiger partial charge in [-0.25, -0.2) is 4.98 Å². The molecule has 2 heterocycles. The number of allylic oxidation sites excluding steroid dienone is 1. The van der Waals surface area contributed by atoms with Crippen LogP contribution in [0, 0.1) is 11.3 Å². The van der Waals surface area contributed by atoms with Crippen LogP contribution in [0.5, 0.6) is 11.5 Å². The van der Waals surface area contributed by atoms with Gasteiger partial charge in [-0.3, -0.25) is 14.8 Å². The van der Waals surface area contributed by atoms with Crippen LogP contribution in [-0.2, 0) is 12.7 Å². The van der Waals surface area contributed by atoms with E-state index in [4.69, 9.17) is 33.2 Å². The second-order valence-electron chi connectivity index (χ2n) is 5.87. The average molecular weight is 460 g/mol. The smallest absolute Gasteiger partial charge is 0.437 e. The number of aromatic nitrogens is 2. The van der Waals surface area contributed by atoms with Crippen molar-refractivity contribution in [3.05, 3.63) is 62.3 Å². The second kappa shape index (κ2) is 8.35. The summed E-state index contributed by atoms with van der Waals surface area (Å²) in [7, 11) is 0. The third-order valence-electron chi connectivity index (χ3n) is 3.75. The first kappa shape index (κ1) is 21.6. The Labute approximate surface area is 176 Å². The number of aliphatic hydroxyl groups excluding tert-OH is 1. The van der Waals surface area contributed by atoms with Crippen molar-refractivity contribution in [2.45, 2.75) is 18.9 Å². The predicted molar refractivity (Wildman–Crippen MR) is 100 cm³/mol. The molecule has 2 aromatic rings. The lowest BCUT2D eigenvalue weighted by Crippen LogP contribution is -2.32. The number of nitrogens with one attached hydrogen (secondary N) is 1. The van der Waals surface area contributed by atoms with E-state index in [0.29, 0.717) is 6.33 Å². The number of nitriles is 1. The minimum atomic E-state index is -5.01. The number of hydrazone groups is 1. The van der Waals surface area contributed by atoms with Gasteiger partial charge in [-0.2, -0.15) is 23.5 Å². The van der Waals surface area contributed by atoms with E-state index in [1.165, 1.54) is 18.2 Å². The Bertz CT molecular complexity index is 1160. The second-order valence-corrected chi connectivity index (χ2v) is 6.68. The van der Waals surface area contributed by atoms with Crippen LogP contribution < -0.4 is 15.7 Å². The van der Waals surface area contributed by atoms with Gasteiger partial charge in [0.15, 0.2) is 11.9 Å². The van der Waals surface area contributed by atoms with Crippen molar-refractivity contribution in [2.24, 2.45) is 5.10 Å². The summed E-state index contributed by atoms with van der Waals surface area (Å²) >= 11 is 11.8. The Morgan fingerprint density at radius 2 is 2.10 bits per heavy atom. The first-order valence-corrected chi connectivity index (χ1v) is 8.77. The summed E-state index contributed by atoms with van der Waals surface area (Å²) in [6.45, 7) is -0.261. The SMILES string of the molecule is N#Cc1cc(Cl)cc(Oc2c(C(F)(F)F)ncn(CC3=NNC(O)C=C3)c2=O)c1Cl. The van der Waals surface area contributed by atoms with Crippen molar-refractivity contribution in [1.82, 2.24) is 15.0 Å². The zero-order valence-corrected chi connectivity index (χ0v) is 16.1. The van der Waals surface area contributed by atoms with Crippen LogP contribution in [0.25, 0.3) is 0 Å². The highest BCUT2D eigenvalue weighted by atomic mass is 35.5. The minimum Gasteiger partial charge on any atom is -0.448 e. The molecule has 1 aromatic heterocycles. The zero-order valence-electron chi connectivity index (χ0n) is 14.6. The highest BCUT2D eigenvalue weighted by molar-refractivity contribution is 6.35. The van der Waals surface area contributed by atoms with Gasteiger partial charge in [0.05, 0.1) is 24.1 Å². The summed E-state index contributed by atoms with van der Waals surface area (Å²) in [5, 5.41) is 21.8. The van der Waals surface area contributed by atoms with Crippen molar-refractivity contribution in [3.63, 3.8) is 0 Å². The molecule has 3 rings (SSSR count). The molecule has 0 bridgehead atoms. The number of alkyl halides is 3. The van der Waals surface area contributed by atoms with E-state index in [0.717, 1.165) is 10.6 Å². The Balaban J connectivity index is 2.08. The van der Waals surface area contributed by atoms with Crippen molar-refractivity contribution in [3.8, 4) is 17.6 Å². The maximum Gasteiger partial charge on any atom is 0.437 e. The van der Waals surface area contributed by atoms with Crippen molar-refractivity contribution in [2.75, 3.05) is 0 Å². The molecule has 0 radical (unpaired) electrons. The third kappa shape index (κ3) is 4.56. The summed E-state index contributed by atoms with van der Waals surface area (Å²) in [5.41, 5.74) is -0.324. The van der Waals surface area contributed by atoms with Crippen LogP contribution in [-0.4, -0.2) is 26.6 Å². The number of ether oxygens (including phenoxy) is 1. The minimum absolute atomic E-state index is 0.0324. The van der Waals surface area contributed by atoms with Gasteiger partial charge in [0.1, 0.15) is 16.8 Å². The molecule has 0 fully saturated rings. The van der Waals surface area contributed by atoms with E-state index in [1.54, 1.807) is 6.07 Å². The third-order valence-corrected chi connectivity index (χ3v) is 4.35. The van der Waals surface area contributed by atoms with Crippen LogP contribution >= 0.6 is 23.2 Å². The van der Waals surface area contributed by atoms with E-state index < -0.39 is 35.2 Å². The van der Waals surface area contributed by atoms with Crippen molar-refractivity contribution in [1.29, 1.82) is 5.26 Å². The number of rotatable bonds is 4. The van der Waals surface area contributed by atoms with Gasteiger partial charge in [0.2, 0.25) is 5.75 Å². The van der Waals surface area contributed by atoms with Gasteiger partial charge in [0, 0.05) is 11.1 Å². The molecular weight excluding hydrogens is 450 g/mol. The van der Waals surface area contributed by atoms with Gasteiger partial charge in [-0.05, 0) is 18.2 Å². The van der Waals surface area contributed by atoms with Gasteiger partial charge >= 0.3 is 6.18 Å². The Kier molecular flexibility index (Phi) is 6.02. The van der Waals surface area contributed by atoms with Crippen LogP contribution in [0.4, 0.5) is 13.2 Å². The molecule has 1 aliphatic rings. The highest BCUT2D eigenvalue weighted by Gasteiger charge is 2.39. The molecule has 0 saturated heterocycles. The standard InChI is InChI=1S/C17H10Cl2F3N5O3/c18-9-3-8(5-23)13(19)11(4-9)30-14-15(17(20,21)22)24-7-27(16(14)29)6-10-1-2-12(28)26-25-10/h1-4,7,12,26,28H,6H2. The van der Waals surface area contributed by atoms with E-state index in [2.05, 4.69) is 15.5 Å². The fraction of sp³-hybridized carbons (Fsp3) is 0.176. The monoisotopic (exact) mass is 459 g/mol. The highest BCUT2D eigenvalue weighted by Crippen LogP contribution is 2.38. The Hall–Kier alpha value is -3.07. The Morgan fingerprint density at radius 3 is 2.70 bits per heavy atom. The maximum atomic E-state index is 13.4. The van der Waals surface area contributed by atoms with Crippen LogP contribution in [0.2, 0.25) is 10.0 Å². The normalized spacial score (nSPS) is 15.9. The molecule has 0 saturated carbocycles. The molecule has 0 amide bonds. The van der Waals surface area contributed by atoms with E-state index in [1.807, 2.05) is 0 Å². The molecule has 0 spiro atoms. The molecule has 30 heavy (non-hydrogen) atoms. The van der Waals surface area contributed by atoms with E-state index in [9.17, 15) is 23.1 Å². The van der Waals surface area contributed by atoms with Crippen LogP contribution in [0.1, 0.15) is 11.3 Å². The Morgan fingerprint density at radius 1 is 1.37 bits per heavy atom. The van der Waals surface area contributed by atoms with Crippen molar-refractivity contribution < 1.29 is 23.0 Å². The van der Waals surface area contributed by atoms with E-state index in [-0.39, 0.29) is 27.9 Å². The van der Waals surface area contributed by atoms with Gasteiger partial charge in [-0.15, -0.1) is 0 Å². The molecule has 1 aliphatic heterocycles. The lowest BCUT2D eigenvalue weighted by Gasteiger charge is -2.17.